The van der Waals surface area contributed by atoms with Crippen molar-refractivity contribution in [2.75, 3.05) is 26.4 Å². The van der Waals surface area contributed by atoms with E-state index in [1.54, 1.807) is 0 Å². The number of aliphatic hydroxyl groups is 11. The number of unbranched alkanes of at least 4 members (excludes halogenated alkanes) is 28. The highest BCUT2D eigenvalue weighted by molar-refractivity contribution is 5.76. The van der Waals surface area contributed by atoms with Gasteiger partial charge >= 0.3 is 0 Å². The zero-order valence-corrected chi connectivity index (χ0v) is 49.8. The molecule has 3 saturated heterocycles. The molecule has 0 saturated carbocycles. The number of hydrogen-bond donors (Lipinski definition) is 12. The Morgan fingerprint density at radius 1 is 0.444 bits per heavy atom. The average molecular weight is 1160 g/mol. The molecule has 3 fully saturated rings. The molecule has 0 bridgehead atoms. The Morgan fingerprint density at radius 3 is 1.27 bits per heavy atom. The molecule has 12 N–H and O–H groups in total. The predicted octanol–water partition coefficient (Wildman–Crippen LogP) is 6.71. The summed E-state index contributed by atoms with van der Waals surface area (Å²) >= 11 is 0. The second kappa shape index (κ2) is 45.6. The number of hydrogen-bond acceptors (Lipinski definition) is 18. The van der Waals surface area contributed by atoms with Gasteiger partial charge in [0.2, 0.25) is 5.91 Å². The van der Waals surface area contributed by atoms with Crippen LogP contribution in [0.25, 0.3) is 0 Å². The molecule has 0 radical (unpaired) electrons. The van der Waals surface area contributed by atoms with Crippen LogP contribution in [0.4, 0.5) is 0 Å². The Balaban J connectivity index is 1.48. The van der Waals surface area contributed by atoms with E-state index in [1.165, 1.54) is 128 Å². The monoisotopic (exact) mass is 1160 g/mol. The van der Waals surface area contributed by atoms with Crippen LogP contribution < -0.4 is 5.32 Å². The van der Waals surface area contributed by atoms with Gasteiger partial charge in [-0.1, -0.05) is 205 Å². The van der Waals surface area contributed by atoms with E-state index in [0.717, 1.165) is 70.6 Å². The number of ether oxygens (including phenoxy) is 6. The standard InChI is InChI=1S/C62H115NO18/c1-3-5-7-9-11-13-15-17-19-21-23-25-27-29-31-33-35-37-39-46(67)45(63-50(68)40-38-36-34-32-30-28-26-24-22-20-18-16-14-12-10-8-6-4-2)44-76-60-56(74)53(71)58(48(42-65)78-60)81-62-57(75)54(72)59(49(43-66)79-62)80-61-55(73)52(70)51(69)47(41-64)77-61/h14,16,20,22,45-49,51-62,64-67,69-75H,3-13,15,17-19,21,23-44H2,1-2H3,(H,63,68)/b16-14-,22-20-. The summed E-state index contributed by atoms with van der Waals surface area (Å²) in [5.74, 6) is -0.249. The highest BCUT2D eigenvalue weighted by Crippen LogP contribution is 2.33. The van der Waals surface area contributed by atoms with Crippen molar-refractivity contribution in [1.29, 1.82) is 0 Å². The van der Waals surface area contributed by atoms with E-state index in [-0.39, 0.29) is 18.9 Å². The lowest BCUT2D eigenvalue weighted by molar-refractivity contribution is -0.379. The minimum absolute atomic E-state index is 0.249. The fourth-order valence-corrected chi connectivity index (χ4v) is 11.0. The summed E-state index contributed by atoms with van der Waals surface area (Å²) < 4.78 is 34.4. The summed E-state index contributed by atoms with van der Waals surface area (Å²) in [5, 5.41) is 120. The second-order valence-electron chi connectivity index (χ2n) is 23.2. The maximum atomic E-state index is 13.4. The number of carbonyl (C=O) groups excluding carboxylic acids is 1. The number of rotatable bonds is 48. The first kappa shape index (κ1) is 73.5. The minimum atomic E-state index is -1.97. The lowest BCUT2D eigenvalue weighted by Gasteiger charge is -2.48. The lowest BCUT2D eigenvalue weighted by atomic mass is 9.96. The van der Waals surface area contributed by atoms with Gasteiger partial charge in [-0.2, -0.15) is 0 Å². The van der Waals surface area contributed by atoms with Crippen LogP contribution in [0, 0.1) is 0 Å². The molecule has 0 aromatic carbocycles. The first-order valence-corrected chi connectivity index (χ1v) is 32.1. The van der Waals surface area contributed by atoms with E-state index in [2.05, 4.69) is 43.5 Å². The SMILES string of the molecule is CCCCCC/C=C\C/C=C\CCCCCCCCCC(=O)NC(COC1OC(CO)C(OC2OC(CO)C(OC3OC(CO)C(O)C(O)C3O)C(O)C2O)C(O)C1O)C(O)CCCCCCCCCCCCCCCCCCCC. The first-order valence-electron chi connectivity index (χ1n) is 32.1. The van der Waals surface area contributed by atoms with E-state index in [9.17, 15) is 61.0 Å². The normalized spacial score (nSPS) is 29.9. The Kier molecular flexibility index (Phi) is 41.4. The first-order chi connectivity index (χ1) is 39.3. The molecule has 1 amide bonds. The van der Waals surface area contributed by atoms with E-state index in [1.807, 2.05) is 0 Å². The van der Waals surface area contributed by atoms with Crippen LogP contribution in [-0.2, 0) is 33.2 Å². The van der Waals surface area contributed by atoms with Crippen molar-refractivity contribution in [3.63, 3.8) is 0 Å². The summed E-state index contributed by atoms with van der Waals surface area (Å²) in [4.78, 5) is 13.4. The molecule has 3 aliphatic heterocycles. The number of carbonyl (C=O) groups is 1. The fourth-order valence-electron chi connectivity index (χ4n) is 11.0. The van der Waals surface area contributed by atoms with Gasteiger partial charge in [-0.3, -0.25) is 4.79 Å². The molecule has 0 aromatic rings. The molecule has 19 nitrogen and oxygen atoms in total. The Bertz CT molecular complexity index is 1580. The van der Waals surface area contributed by atoms with Crippen LogP contribution in [0.2, 0.25) is 0 Å². The van der Waals surface area contributed by atoms with E-state index in [4.69, 9.17) is 28.4 Å². The number of nitrogens with one attached hydrogen (secondary N) is 1. The van der Waals surface area contributed by atoms with Crippen LogP contribution in [0.5, 0.6) is 0 Å². The second-order valence-corrected chi connectivity index (χ2v) is 23.2. The Hall–Kier alpha value is -1.73. The number of amides is 1. The molecular weight excluding hydrogens is 1050 g/mol. The summed E-state index contributed by atoms with van der Waals surface area (Å²) in [5.41, 5.74) is 0. The topological polar surface area (TPSA) is 307 Å². The largest absolute Gasteiger partial charge is 0.394 e. The third-order valence-electron chi connectivity index (χ3n) is 16.3. The lowest BCUT2D eigenvalue weighted by Crippen LogP contribution is -2.66. The number of allylic oxidation sites excluding steroid dienone is 4. The van der Waals surface area contributed by atoms with Crippen molar-refractivity contribution in [1.82, 2.24) is 5.32 Å². The molecule has 17 atom stereocenters. The third kappa shape index (κ3) is 29.0. The summed E-state index contributed by atoms with van der Waals surface area (Å²) in [7, 11) is 0. The molecule has 3 rings (SSSR count). The van der Waals surface area contributed by atoms with Gasteiger partial charge in [0.25, 0.3) is 0 Å². The molecule has 0 spiro atoms. The van der Waals surface area contributed by atoms with E-state index in [0.29, 0.717) is 12.8 Å². The van der Waals surface area contributed by atoms with Gasteiger partial charge in [0.15, 0.2) is 18.9 Å². The van der Waals surface area contributed by atoms with Gasteiger partial charge in [0.05, 0.1) is 38.6 Å². The van der Waals surface area contributed by atoms with Gasteiger partial charge < -0.3 is 89.9 Å². The van der Waals surface area contributed by atoms with Gasteiger partial charge in [0, 0.05) is 6.42 Å². The van der Waals surface area contributed by atoms with Gasteiger partial charge in [-0.25, -0.2) is 0 Å². The molecule has 17 unspecified atom stereocenters. The molecule has 3 aliphatic rings. The predicted molar refractivity (Wildman–Crippen MR) is 310 cm³/mol. The molecule has 0 aromatic heterocycles. The molecule has 476 valence electrons. The summed E-state index contributed by atoms with van der Waals surface area (Å²) in [6.07, 6.45) is 21.0. The maximum Gasteiger partial charge on any atom is 0.220 e. The Morgan fingerprint density at radius 2 is 0.815 bits per heavy atom. The fraction of sp³-hybridized carbons (Fsp3) is 0.919. The van der Waals surface area contributed by atoms with Crippen LogP contribution in [0.1, 0.15) is 232 Å². The van der Waals surface area contributed by atoms with Gasteiger partial charge in [-0.05, 0) is 44.9 Å². The van der Waals surface area contributed by atoms with Crippen molar-refractivity contribution in [3.8, 4) is 0 Å². The van der Waals surface area contributed by atoms with Gasteiger partial charge in [0.1, 0.15) is 73.2 Å². The average Bonchev–Trinajstić information content (AvgIpc) is 3.51. The zero-order valence-electron chi connectivity index (χ0n) is 49.8. The minimum Gasteiger partial charge on any atom is -0.394 e. The maximum absolute atomic E-state index is 13.4. The van der Waals surface area contributed by atoms with Crippen LogP contribution in [0.15, 0.2) is 24.3 Å². The molecule has 0 aliphatic carbocycles. The van der Waals surface area contributed by atoms with Crippen molar-refractivity contribution in [3.05, 3.63) is 24.3 Å². The van der Waals surface area contributed by atoms with Crippen molar-refractivity contribution >= 4 is 5.91 Å². The summed E-state index contributed by atoms with van der Waals surface area (Å²) in [6, 6.07) is -0.890. The molecule has 19 heteroatoms. The quantitative estimate of drug-likeness (QED) is 0.0222. The van der Waals surface area contributed by atoms with Crippen molar-refractivity contribution < 1.29 is 89.4 Å². The van der Waals surface area contributed by atoms with Crippen LogP contribution >= 0.6 is 0 Å². The molecule has 81 heavy (non-hydrogen) atoms. The van der Waals surface area contributed by atoms with Crippen LogP contribution in [0.3, 0.4) is 0 Å². The Labute approximate surface area is 486 Å². The van der Waals surface area contributed by atoms with Crippen molar-refractivity contribution in [2.24, 2.45) is 0 Å². The smallest absolute Gasteiger partial charge is 0.220 e. The molecule has 3 heterocycles. The number of aliphatic hydroxyl groups excluding tert-OH is 11. The van der Waals surface area contributed by atoms with E-state index >= 15 is 0 Å². The van der Waals surface area contributed by atoms with Gasteiger partial charge in [-0.15, -0.1) is 0 Å². The zero-order chi connectivity index (χ0) is 59.0. The highest BCUT2D eigenvalue weighted by atomic mass is 16.8. The third-order valence-corrected chi connectivity index (χ3v) is 16.3. The van der Waals surface area contributed by atoms with E-state index < -0.39 is 124 Å². The van der Waals surface area contributed by atoms with Crippen molar-refractivity contribution in [2.45, 2.75) is 336 Å². The molecular formula is C62H115NO18. The van der Waals surface area contributed by atoms with Crippen LogP contribution in [-0.4, -0.2) is 193 Å². The summed E-state index contributed by atoms with van der Waals surface area (Å²) in [6.45, 7) is 1.78. The highest BCUT2D eigenvalue weighted by Gasteiger charge is 2.53.